The normalized spacial score (nSPS) is 15.1. The third-order valence-corrected chi connectivity index (χ3v) is 7.71. The van der Waals surface area contributed by atoms with Crippen LogP contribution in [0.4, 0.5) is 0 Å². The average Bonchev–Trinajstić information content (AvgIpc) is 3.50. The van der Waals surface area contributed by atoms with E-state index >= 15 is 0 Å². The third-order valence-electron chi connectivity index (χ3n) is 7.71. The van der Waals surface area contributed by atoms with Crippen molar-refractivity contribution in [3.8, 4) is 11.5 Å². The molecule has 0 radical (unpaired) electrons. The minimum atomic E-state index is -0.226. The Hall–Kier alpha value is -5.48. The number of benzene rings is 6. The molecule has 6 aromatic carbocycles. The largest absolute Gasteiger partial charge is 0.435 e. The first-order chi connectivity index (χ1) is 20.3. The summed E-state index contributed by atoms with van der Waals surface area (Å²) in [6.45, 7) is 0. The summed E-state index contributed by atoms with van der Waals surface area (Å²) in [6, 6.07) is 45.9. The van der Waals surface area contributed by atoms with Gasteiger partial charge in [0, 0.05) is 16.6 Å². The average molecular weight is 528 g/mol. The summed E-state index contributed by atoms with van der Waals surface area (Å²) in [4.78, 5) is 9.96. The fourth-order valence-electron chi connectivity index (χ4n) is 5.67. The Morgan fingerprint density at radius 2 is 1.27 bits per heavy atom. The SMILES string of the molecule is C1=C(c2ccccc2)NC(c2ccc3c(ccc4ccc5nc(-c6ccccc6)oc5c43)c2)N=C1c1ccccc1. The molecule has 0 spiro atoms. The van der Waals surface area contributed by atoms with Gasteiger partial charge in [-0.2, -0.15) is 0 Å². The molecule has 194 valence electrons. The molecule has 1 atom stereocenters. The molecule has 8 rings (SSSR count). The molecule has 1 aliphatic heterocycles. The number of aliphatic imine (C=N–C) groups is 1. The zero-order valence-corrected chi connectivity index (χ0v) is 22.2. The Bertz CT molecular complexity index is 2110. The minimum absolute atomic E-state index is 0.226. The van der Waals surface area contributed by atoms with E-state index in [1.54, 1.807) is 0 Å². The number of oxazole rings is 1. The highest BCUT2D eigenvalue weighted by molar-refractivity contribution is 6.18. The molecule has 7 aromatic rings. The van der Waals surface area contributed by atoms with Crippen molar-refractivity contribution in [3.63, 3.8) is 0 Å². The fraction of sp³-hybridized carbons (Fsp3) is 0.0270. The zero-order chi connectivity index (χ0) is 27.2. The molecule has 1 aromatic heterocycles. The van der Waals surface area contributed by atoms with E-state index in [4.69, 9.17) is 14.4 Å². The van der Waals surface area contributed by atoms with Gasteiger partial charge < -0.3 is 9.73 Å². The summed E-state index contributed by atoms with van der Waals surface area (Å²) < 4.78 is 6.40. The maximum absolute atomic E-state index is 6.40. The quantitative estimate of drug-likeness (QED) is 0.233. The molecule has 0 amide bonds. The zero-order valence-electron chi connectivity index (χ0n) is 22.2. The van der Waals surface area contributed by atoms with Gasteiger partial charge in [0.05, 0.1) is 5.71 Å². The van der Waals surface area contributed by atoms with Gasteiger partial charge in [-0.1, -0.05) is 109 Å². The van der Waals surface area contributed by atoms with Crippen LogP contribution in [0.1, 0.15) is 22.9 Å². The molecule has 1 unspecified atom stereocenters. The van der Waals surface area contributed by atoms with Crippen molar-refractivity contribution in [2.75, 3.05) is 0 Å². The van der Waals surface area contributed by atoms with E-state index in [9.17, 15) is 0 Å². The lowest BCUT2D eigenvalue weighted by Gasteiger charge is -2.25. The van der Waals surface area contributed by atoms with Crippen molar-refractivity contribution in [1.29, 1.82) is 0 Å². The van der Waals surface area contributed by atoms with Crippen LogP contribution in [-0.4, -0.2) is 10.7 Å². The monoisotopic (exact) mass is 527 g/mol. The first-order valence-electron chi connectivity index (χ1n) is 13.8. The second-order valence-corrected chi connectivity index (χ2v) is 10.3. The van der Waals surface area contributed by atoms with Crippen LogP contribution in [0.3, 0.4) is 0 Å². The number of hydrogen-bond acceptors (Lipinski definition) is 4. The van der Waals surface area contributed by atoms with Crippen molar-refractivity contribution in [2.24, 2.45) is 4.99 Å². The predicted octanol–water partition coefficient (Wildman–Crippen LogP) is 8.93. The lowest BCUT2D eigenvalue weighted by molar-refractivity contribution is 0.623. The summed E-state index contributed by atoms with van der Waals surface area (Å²) in [5.41, 5.74) is 7.99. The summed E-state index contributed by atoms with van der Waals surface area (Å²) in [7, 11) is 0. The summed E-state index contributed by atoms with van der Waals surface area (Å²) in [5.74, 6) is 0.635. The number of rotatable bonds is 4. The Balaban J connectivity index is 1.25. The number of aromatic nitrogens is 1. The summed E-state index contributed by atoms with van der Waals surface area (Å²) >= 11 is 0. The van der Waals surface area contributed by atoms with Gasteiger partial charge in [-0.15, -0.1) is 0 Å². The number of fused-ring (bicyclic) bond motifs is 5. The third kappa shape index (κ3) is 4.17. The molecule has 1 aliphatic rings. The van der Waals surface area contributed by atoms with Crippen LogP contribution in [0.2, 0.25) is 0 Å². The number of nitrogens with zero attached hydrogens (tertiary/aromatic N) is 2. The van der Waals surface area contributed by atoms with Crippen LogP contribution in [-0.2, 0) is 0 Å². The van der Waals surface area contributed by atoms with E-state index in [0.29, 0.717) is 5.89 Å². The predicted molar refractivity (Wildman–Crippen MR) is 168 cm³/mol. The van der Waals surface area contributed by atoms with Crippen LogP contribution < -0.4 is 5.32 Å². The molecule has 0 bridgehead atoms. The molecule has 1 N–H and O–H groups in total. The molecule has 4 nitrogen and oxygen atoms in total. The van der Waals surface area contributed by atoms with Crippen LogP contribution in [0.15, 0.2) is 149 Å². The summed E-state index contributed by atoms with van der Waals surface area (Å²) in [6.07, 6.45) is 1.91. The van der Waals surface area contributed by atoms with Gasteiger partial charge in [0.2, 0.25) is 5.89 Å². The number of nitrogens with one attached hydrogen (secondary N) is 1. The van der Waals surface area contributed by atoms with E-state index in [0.717, 1.165) is 66.3 Å². The van der Waals surface area contributed by atoms with E-state index in [1.807, 2.05) is 48.5 Å². The first kappa shape index (κ1) is 23.4. The highest BCUT2D eigenvalue weighted by Gasteiger charge is 2.20. The molecular formula is C37H25N3O. The summed E-state index contributed by atoms with van der Waals surface area (Å²) in [5, 5.41) is 8.16. The van der Waals surface area contributed by atoms with Crippen LogP contribution in [0.25, 0.3) is 49.8 Å². The standard InChI is InChI=1S/C37H25N3O/c1-4-10-24(11-5-1)32-23-33(25-12-6-2-7-13-25)39-36(38-32)29-18-20-30-28(22-29)17-16-26-19-21-31-35(34(26)30)41-37(40-31)27-14-8-3-9-15-27/h1-23,36,38H. The highest BCUT2D eigenvalue weighted by atomic mass is 16.3. The topological polar surface area (TPSA) is 50.4 Å². The van der Waals surface area contributed by atoms with Gasteiger partial charge in [-0.3, -0.25) is 4.99 Å². The van der Waals surface area contributed by atoms with Gasteiger partial charge in [-0.05, 0) is 63.2 Å². The lowest BCUT2D eigenvalue weighted by atomic mass is 9.97. The Kier molecular flexibility index (Phi) is 5.49. The van der Waals surface area contributed by atoms with Crippen molar-refractivity contribution < 1.29 is 4.42 Å². The molecule has 41 heavy (non-hydrogen) atoms. The minimum Gasteiger partial charge on any atom is -0.435 e. The van der Waals surface area contributed by atoms with Gasteiger partial charge in [0.25, 0.3) is 0 Å². The molecule has 2 heterocycles. The molecule has 0 aliphatic carbocycles. The van der Waals surface area contributed by atoms with Gasteiger partial charge in [0.15, 0.2) is 5.58 Å². The second-order valence-electron chi connectivity index (χ2n) is 10.3. The molecule has 0 saturated heterocycles. The lowest BCUT2D eigenvalue weighted by Crippen LogP contribution is -2.24. The van der Waals surface area contributed by atoms with Gasteiger partial charge in [-0.25, -0.2) is 4.98 Å². The van der Waals surface area contributed by atoms with E-state index < -0.39 is 0 Å². The molecule has 0 saturated carbocycles. The van der Waals surface area contributed by atoms with Crippen LogP contribution in [0.5, 0.6) is 0 Å². The van der Waals surface area contributed by atoms with Crippen molar-refractivity contribution >= 4 is 44.1 Å². The van der Waals surface area contributed by atoms with E-state index in [1.165, 1.54) is 0 Å². The van der Waals surface area contributed by atoms with Crippen LogP contribution in [0, 0.1) is 0 Å². The van der Waals surface area contributed by atoms with Crippen molar-refractivity contribution in [2.45, 2.75) is 6.17 Å². The highest BCUT2D eigenvalue weighted by Crippen LogP contribution is 2.36. The van der Waals surface area contributed by atoms with Crippen molar-refractivity contribution in [1.82, 2.24) is 10.3 Å². The van der Waals surface area contributed by atoms with Crippen LogP contribution >= 0.6 is 0 Å². The Morgan fingerprint density at radius 1 is 0.610 bits per heavy atom. The molecule has 0 fully saturated rings. The number of allylic oxidation sites excluding steroid dienone is 1. The van der Waals surface area contributed by atoms with E-state index in [2.05, 4.69) is 96.3 Å². The Labute approximate surface area is 237 Å². The van der Waals surface area contributed by atoms with Crippen molar-refractivity contribution in [3.05, 3.63) is 156 Å². The first-order valence-corrected chi connectivity index (χ1v) is 13.8. The molecular weight excluding hydrogens is 502 g/mol. The van der Waals surface area contributed by atoms with Gasteiger partial charge >= 0.3 is 0 Å². The maximum Gasteiger partial charge on any atom is 0.227 e. The smallest absolute Gasteiger partial charge is 0.227 e. The second kappa shape index (κ2) is 9.61. The van der Waals surface area contributed by atoms with Gasteiger partial charge in [0.1, 0.15) is 11.7 Å². The maximum atomic E-state index is 6.40. The Morgan fingerprint density at radius 3 is 2.02 bits per heavy atom. The number of hydrogen-bond donors (Lipinski definition) is 1. The van der Waals surface area contributed by atoms with E-state index in [-0.39, 0.29) is 6.17 Å². The fourth-order valence-corrected chi connectivity index (χ4v) is 5.67. The molecule has 4 heteroatoms.